The lowest BCUT2D eigenvalue weighted by Crippen LogP contribution is -2.51. The molecule has 5 nitrogen and oxygen atoms in total. The van der Waals surface area contributed by atoms with Crippen molar-refractivity contribution in [2.24, 2.45) is 0 Å². The van der Waals surface area contributed by atoms with E-state index in [4.69, 9.17) is 9.47 Å². The van der Waals surface area contributed by atoms with Crippen LogP contribution < -0.4 is 15.0 Å². The van der Waals surface area contributed by atoms with Gasteiger partial charge in [0.2, 0.25) is 0 Å². The van der Waals surface area contributed by atoms with Crippen LogP contribution >= 0.6 is 0 Å². The highest BCUT2D eigenvalue weighted by molar-refractivity contribution is 5.53. The second-order valence-corrected chi connectivity index (χ2v) is 5.66. The Balaban J connectivity index is 2.12. The van der Waals surface area contributed by atoms with Gasteiger partial charge in [-0.1, -0.05) is 20.8 Å². The minimum absolute atomic E-state index is 0.292. The molecule has 0 radical (unpaired) electrons. The Bertz CT molecular complexity index is 426. The van der Waals surface area contributed by atoms with Crippen LogP contribution in [0.1, 0.15) is 27.2 Å². The van der Waals surface area contributed by atoms with Crippen LogP contribution in [0.4, 0.5) is 5.82 Å². The van der Waals surface area contributed by atoms with Crippen molar-refractivity contribution in [2.75, 3.05) is 37.8 Å². The molecule has 1 aliphatic rings. The summed E-state index contributed by atoms with van der Waals surface area (Å²) >= 11 is 0. The van der Waals surface area contributed by atoms with Gasteiger partial charge >= 0.3 is 0 Å². The highest BCUT2D eigenvalue weighted by Gasteiger charge is 2.26. The van der Waals surface area contributed by atoms with Gasteiger partial charge in [-0.2, -0.15) is 0 Å². The van der Waals surface area contributed by atoms with E-state index in [-0.39, 0.29) is 0 Å². The van der Waals surface area contributed by atoms with E-state index in [1.807, 2.05) is 18.3 Å². The summed E-state index contributed by atoms with van der Waals surface area (Å²) in [5.41, 5.74) is 0. The molecule has 5 heteroatoms. The van der Waals surface area contributed by atoms with Crippen LogP contribution in [0.25, 0.3) is 0 Å². The third-order valence-corrected chi connectivity index (χ3v) is 3.47. The number of hydrogen-bond donors (Lipinski definition) is 1. The minimum Gasteiger partial charge on any atom is -0.490 e. The molecule has 0 aromatic carbocycles. The lowest BCUT2D eigenvalue weighted by Gasteiger charge is -2.37. The molecule has 0 bridgehead atoms. The topological polar surface area (TPSA) is 46.6 Å². The predicted molar refractivity (Wildman–Crippen MR) is 85.1 cm³/mol. The van der Waals surface area contributed by atoms with Crippen LogP contribution in [0.3, 0.4) is 0 Å². The summed E-state index contributed by atoms with van der Waals surface area (Å²) in [5, 5.41) is 3.49. The van der Waals surface area contributed by atoms with E-state index in [0.717, 1.165) is 50.9 Å². The molecule has 1 fully saturated rings. The Morgan fingerprint density at radius 3 is 3.14 bits per heavy atom. The Hall–Kier alpha value is -1.33. The largest absolute Gasteiger partial charge is 0.490 e. The second-order valence-electron chi connectivity index (χ2n) is 5.66. The number of nitrogens with zero attached hydrogens (tertiary/aromatic N) is 2. The van der Waals surface area contributed by atoms with Crippen LogP contribution in [0, 0.1) is 0 Å². The van der Waals surface area contributed by atoms with Gasteiger partial charge < -0.3 is 19.7 Å². The molecule has 118 valence electrons. The van der Waals surface area contributed by atoms with Crippen molar-refractivity contribution in [1.82, 2.24) is 10.3 Å². The monoisotopic (exact) mass is 293 g/mol. The SMILES string of the molecule is CCCOc1cccnc1N1CCOCC1CNC(C)C. The number of pyridine rings is 1. The fraction of sp³-hybridized carbons (Fsp3) is 0.688. The van der Waals surface area contributed by atoms with Gasteiger partial charge in [-0.25, -0.2) is 4.98 Å². The normalized spacial score (nSPS) is 19.0. The van der Waals surface area contributed by atoms with E-state index in [1.54, 1.807) is 0 Å². The number of rotatable bonds is 7. The number of anilines is 1. The van der Waals surface area contributed by atoms with Gasteiger partial charge in [0.25, 0.3) is 0 Å². The summed E-state index contributed by atoms with van der Waals surface area (Å²) < 4.78 is 11.5. The molecule has 1 aromatic rings. The van der Waals surface area contributed by atoms with Crippen molar-refractivity contribution in [2.45, 2.75) is 39.3 Å². The van der Waals surface area contributed by atoms with Gasteiger partial charge in [-0.05, 0) is 18.6 Å². The van der Waals surface area contributed by atoms with E-state index in [2.05, 4.69) is 36.0 Å². The Morgan fingerprint density at radius 1 is 1.52 bits per heavy atom. The smallest absolute Gasteiger partial charge is 0.171 e. The first-order chi connectivity index (χ1) is 10.2. The van der Waals surface area contributed by atoms with Crippen LogP contribution in [0.5, 0.6) is 5.75 Å². The summed E-state index contributed by atoms with van der Waals surface area (Å²) in [6.45, 7) is 10.4. The van der Waals surface area contributed by atoms with Crippen LogP contribution in [0.2, 0.25) is 0 Å². The number of morpholine rings is 1. The molecule has 0 amide bonds. The zero-order valence-corrected chi connectivity index (χ0v) is 13.3. The van der Waals surface area contributed by atoms with Gasteiger partial charge in [-0.3, -0.25) is 0 Å². The van der Waals surface area contributed by atoms with E-state index in [9.17, 15) is 0 Å². The summed E-state index contributed by atoms with van der Waals surface area (Å²) in [7, 11) is 0. The zero-order valence-electron chi connectivity index (χ0n) is 13.3. The van der Waals surface area contributed by atoms with E-state index in [0.29, 0.717) is 12.1 Å². The first-order valence-electron chi connectivity index (χ1n) is 7.88. The van der Waals surface area contributed by atoms with Gasteiger partial charge in [-0.15, -0.1) is 0 Å². The van der Waals surface area contributed by atoms with Crippen molar-refractivity contribution in [1.29, 1.82) is 0 Å². The van der Waals surface area contributed by atoms with E-state index >= 15 is 0 Å². The zero-order chi connectivity index (χ0) is 15.1. The fourth-order valence-electron chi connectivity index (χ4n) is 2.40. The molecule has 1 aliphatic heterocycles. The molecule has 0 spiro atoms. The second kappa shape index (κ2) is 8.20. The van der Waals surface area contributed by atoms with E-state index in [1.165, 1.54) is 0 Å². The molecule has 0 saturated carbocycles. The Labute approximate surface area is 127 Å². The predicted octanol–water partition coefficient (Wildman–Crippen LogP) is 2.07. The minimum atomic E-state index is 0.292. The molecular formula is C16H27N3O2. The first kappa shape index (κ1) is 16.0. The summed E-state index contributed by atoms with van der Waals surface area (Å²) in [4.78, 5) is 6.86. The summed E-state index contributed by atoms with van der Waals surface area (Å²) in [6, 6.07) is 4.69. The molecule has 1 unspecified atom stereocenters. The Morgan fingerprint density at radius 2 is 2.38 bits per heavy atom. The summed E-state index contributed by atoms with van der Waals surface area (Å²) in [6.07, 6.45) is 2.83. The van der Waals surface area contributed by atoms with Crippen LogP contribution in [0.15, 0.2) is 18.3 Å². The van der Waals surface area contributed by atoms with Gasteiger partial charge in [0, 0.05) is 25.3 Å². The summed E-state index contributed by atoms with van der Waals surface area (Å²) in [5.74, 6) is 1.81. The maximum Gasteiger partial charge on any atom is 0.171 e. The van der Waals surface area contributed by atoms with Crippen molar-refractivity contribution < 1.29 is 9.47 Å². The number of nitrogens with one attached hydrogen (secondary N) is 1. The average molecular weight is 293 g/mol. The number of ether oxygens (including phenoxy) is 2. The van der Waals surface area contributed by atoms with Gasteiger partial charge in [0.15, 0.2) is 11.6 Å². The maximum absolute atomic E-state index is 5.85. The lowest BCUT2D eigenvalue weighted by atomic mass is 10.2. The van der Waals surface area contributed by atoms with Crippen LogP contribution in [-0.2, 0) is 4.74 Å². The number of aromatic nitrogens is 1. The van der Waals surface area contributed by atoms with Crippen molar-refractivity contribution in [3.63, 3.8) is 0 Å². The van der Waals surface area contributed by atoms with Crippen molar-refractivity contribution in [3.8, 4) is 5.75 Å². The highest BCUT2D eigenvalue weighted by Crippen LogP contribution is 2.28. The molecule has 1 aromatic heterocycles. The quantitative estimate of drug-likeness (QED) is 0.834. The third-order valence-electron chi connectivity index (χ3n) is 3.47. The lowest BCUT2D eigenvalue weighted by molar-refractivity contribution is 0.0923. The molecule has 1 N–H and O–H groups in total. The van der Waals surface area contributed by atoms with Crippen molar-refractivity contribution in [3.05, 3.63) is 18.3 Å². The van der Waals surface area contributed by atoms with Gasteiger partial charge in [0.05, 0.1) is 25.9 Å². The van der Waals surface area contributed by atoms with Crippen LogP contribution in [-0.4, -0.2) is 50.0 Å². The molecule has 0 aliphatic carbocycles. The molecular weight excluding hydrogens is 266 g/mol. The van der Waals surface area contributed by atoms with Gasteiger partial charge in [0.1, 0.15) is 0 Å². The Kier molecular flexibility index (Phi) is 6.26. The molecule has 1 saturated heterocycles. The fourth-order valence-corrected chi connectivity index (χ4v) is 2.40. The van der Waals surface area contributed by atoms with E-state index < -0.39 is 0 Å². The standard InChI is InChI=1S/C16H27N3O2/c1-4-9-21-15-6-5-7-17-16(15)19-8-10-20-12-14(19)11-18-13(2)3/h5-7,13-14,18H,4,8-12H2,1-3H3. The molecule has 2 heterocycles. The first-order valence-corrected chi connectivity index (χ1v) is 7.88. The van der Waals surface area contributed by atoms with Crippen molar-refractivity contribution >= 4 is 5.82 Å². The number of hydrogen-bond acceptors (Lipinski definition) is 5. The molecule has 21 heavy (non-hydrogen) atoms. The highest BCUT2D eigenvalue weighted by atomic mass is 16.5. The maximum atomic E-state index is 5.85. The molecule has 1 atom stereocenters. The molecule has 2 rings (SSSR count). The third kappa shape index (κ3) is 4.58. The average Bonchev–Trinajstić information content (AvgIpc) is 2.51.